The number of amides is 4. The van der Waals surface area contributed by atoms with E-state index in [1.54, 1.807) is 46.6 Å². The molecule has 2 heterocycles. The Morgan fingerprint density at radius 3 is 2.31 bits per heavy atom. The molecule has 1 N–H and O–H groups in total. The third-order valence-electron chi connectivity index (χ3n) is 7.48. The molecule has 0 unspecified atom stereocenters. The molecule has 4 amide bonds. The minimum Gasteiger partial charge on any atom is -0.497 e. The molecule has 0 aliphatic carbocycles. The molecular formula is C32H46N4O6. The van der Waals surface area contributed by atoms with Crippen molar-refractivity contribution in [1.82, 2.24) is 14.7 Å². The van der Waals surface area contributed by atoms with Gasteiger partial charge in [-0.15, -0.1) is 13.2 Å². The Kier molecular flexibility index (Phi) is 12.0. The molecule has 0 radical (unpaired) electrons. The summed E-state index contributed by atoms with van der Waals surface area (Å²) in [6, 6.07) is 8.93. The van der Waals surface area contributed by atoms with Gasteiger partial charge in [-0.1, -0.05) is 6.08 Å². The van der Waals surface area contributed by atoms with Gasteiger partial charge in [-0.05, 0) is 56.4 Å². The summed E-state index contributed by atoms with van der Waals surface area (Å²) in [5.74, 6) is 2.64. The number of carbonyl (C=O) groups excluding carboxylic acids is 2. The molecule has 0 aromatic heterocycles. The molecule has 1 saturated heterocycles. The number of nitrogens with one attached hydrogen (secondary N) is 1. The van der Waals surface area contributed by atoms with E-state index in [9.17, 15) is 9.59 Å². The summed E-state index contributed by atoms with van der Waals surface area (Å²) in [6.07, 6.45) is 4.79. The number of rotatable bonds is 6. The van der Waals surface area contributed by atoms with Crippen LogP contribution in [0, 0.1) is 0 Å². The average Bonchev–Trinajstić information content (AvgIpc) is 3.22. The lowest BCUT2D eigenvalue weighted by Crippen LogP contribution is -2.43. The van der Waals surface area contributed by atoms with E-state index >= 15 is 0 Å². The van der Waals surface area contributed by atoms with E-state index in [0.29, 0.717) is 81.3 Å². The third kappa shape index (κ3) is 7.48. The SMILES string of the molecule is C=C.CCN1CCCN(C(=O)Nc2cc(OC)ccc2OC)CCCC2=CCc3c(cc(OC)cc3OC)CN2C1=O.[HH]. The number of carbonyl (C=O) groups is 2. The second-order valence-corrected chi connectivity index (χ2v) is 9.76. The number of methoxy groups -OCH3 is 4. The van der Waals surface area contributed by atoms with Crippen LogP contribution >= 0.6 is 0 Å². The fourth-order valence-electron chi connectivity index (χ4n) is 5.26. The Morgan fingerprint density at radius 1 is 0.929 bits per heavy atom. The quantitative estimate of drug-likeness (QED) is 0.410. The van der Waals surface area contributed by atoms with E-state index in [4.69, 9.17) is 18.9 Å². The molecule has 10 heteroatoms. The van der Waals surface area contributed by atoms with Crippen LogP contribution in [0.3, 0.4) is 0 Å². The van der Waals surface area contributed by atoms with Crippen molar-refractivity contribution < 1.29 is 30.0 Å². The maximum Gasteiger partial charge on any atom is 0.324 e. The number of allylic oxidation sites excluding steroid dienone is 2. The fraction of sp³-hybridized carbons (Fsp3) is 0.438. The van der Waals surface area contributed by atoms with Crippen LogP contribution in [0.15, 0.2) is 55.3 Å². The fourth-order valence-corrected chi connectivity index (χ4v) is 5.26. The topological polar surface area (TPSA) is 92.8 Å². The number of nitrogens with zero attached hydrogens (tertiary/aromatic N) is 3. The van der Waals surface area contributed by atoms with Crippen molar-refractivity contribution in [2.45, 2.75) is 39.2 Å². The summed E-state index contributed by atoms with van der Waals surface area (Å²) < 4.78 is 21.9. The molecule has 0 saturated carbocycles. The van der Waals surface area contributed by atoms with E-state index in [0.717, 1.165) is 22.6 Å². The highest BCUT2D eigenvalue weighted by atomic mass is 16.5. The van der Waals surface area contributed by atoms with Crippen molar-refractivity contribution in [2.24, 2.45) is 0 Å². The summed E-state index contributed by atoms with van der Waals surface area (Å²) in [6.45, 7) is 10.6. The molecule has 4 rings (SSSR count). The summed E-state index contributed by atoms with van der Waals surface area (Å²) in [5.41, 5.74) is 3.57. The van der Waals surface area contributed by atoms with Crippen LogP contribution < -0.4 is 24.3 Å². The normalized spacial score (nSPS) is 15.4. The van der Waals surface area contributed by atoms with Crippen LogP contribution in [0.4, 0.5) is 15.3 Å². The average molecular weight is 583 g/mol. The van der Waals surface area contributed by atoms with Gasteiger partial charge in [0.2, 0.25) is 0 Å². The van der Waals surface area contributed by atoms with Gasteiger partial charge in [-0.2, -0.15) is 0 Å². The zero-order valence-electron chi connectivity index (χ0n) is 25.5. The second kappa shape index (κ2) is 15.6. The Balaban J connectivity index is 0.00000211. The van der Waals surface area contributed by atoms with Crippen molar-refractivity contribution in [3.05, 3.63) is 66.4 Å². The number of anilines is 1. The van der Waals surface area contributed by atoms with Crippen molar-refractivity contribution >= 4 is 17.7 Å². The molecule has 2 aromatic rings. The number of ether oxygens (including phenoxy) is 4. The maximum atomic E-state index is 13.8. The molecule has 42 heavy (non-hydrogen) atoms. The zero-order chi connectivity index (χ0) is 30.6. The van der Waals surface area contributed by atoms with Gasteiger partial charge in [0.1, 0.15) is 23.0 Å². The Morgan fingerprint density at radius 2 is 1.64 bits per heavy atom. The maximum absolute atomic E-state index is 13.8. The van der Waals surface area contributed by atoms with Crippen LogP contribution in [0.25, 0.3) is 0 Å². The third-order valence-corrected chi connectivity index (χ3v) is 7.48. The summed E-state index contributed by atoms with van der Waals surface area (Å²) in [4.78, 5) is 32.8. The van der Waals surface area contributed by atoms with Gasteiger partial charge >= 0.3 is 12.1 Å². The predicted octanol–water partition coefficient (Wildman–Crippen LogP) is 6.17. The highest BCUT2D eigenvalue weighted by molar-refractivity contribution is 5.91. The number of urea groups is 2. The lowest BCUT2D eigenvalue weighted by atomic mass is 10.0. The molecule has 2 aliphatic heterocycles. The minimum absolute atomic E-state index is 0. The van der Waals surface area contributed by atoms with Crippen LogP contribution in [0.5, 0.6) is 23.0 Å². The molecular weight excluding hydrogens is 536 g/mol. The van der Waals surface area contributed by atoms with Crippen molar-refractivity contribution in [1.29, 1.82) is 0 Å². The van der Waals surface area contributed by atoms with Crippen molar-refractivity contribution in [3.8, 4) is 23.0 Å². The van der Waals surface area contributed by atoms with Crippen molar-refractivity contribution in [3.63, 3.8) is 0 Å². The van der Waals surface area contributed by atoms with Gasteiger partial charge in [0.15, 0.2) is 0 Å². The zero-order valence-corrected chi connectivity index (χ0v) is 25.5. The van der Waals surface area contributed by atoms with Gasteiger partial charge in [0.05, 0.1) is 40.7 Å². The molecule has 1 fully saturated rings. The molecule has 0 atom stereocenters. The van der Waals surface area contributed by atoms with Crippen LogP contribution in [0.2, 0.25) is 0 Å². The number of fused-ring (bicyclic) bond motifs is 2. The van der Waals surface area contributed by atoms with Gasteiger partial charge in [0, 0.05) is 51.0 Å². The molecule has 0 spiro atoms. The first-order valence-electron chi connectivity index (χ1n) is 14.2. The van der Waals surface area contributed by atoms with E-state index in [-0.39, 0.29) is 13.5 Å². The van der Waals surface area contributed by atoms with Crippen LogP contribution in [0.1, 0.15) is 38.7 Å². The van der Waals surface area contributed by atoms with Crippen LogP contribution in [-0.2, 0) is 13.0 Å². The van der Waals surface area contributed by atoms with Gasteiger partial charge < -0.3 is 34.1 Å². The largest absolute Gasteiger partial charge is 0.497 e. The lowest BCUT2D eigenvalue weighted by molar-refractivity contribution is 0.163. The summed E-state index contributed by atoms with van der Waals surface area (Å²) in [5, 5.41) is 2.99. The Bertz CT molecular complexity index is 1270. The lowest BCUT2D eigenvalue weighted by Gasteiger charge is -2.31. The van der Waals surface area contributed by atoms with Gasteiger partial charge in [-0.3, -0.25) is 4.90 Å². The highest BCUT2D eigenvalue weighted by Crippen LogP contribution is 2.35. The second-order valence-electron chi connectivity index (χ2n) is 9.76. The monoisotopic (exact) mass is 582 g/mol. The first kappa shape index (κ1) is 32.2. The van der Waals surface area contributed by atoms with Gasteiger partial charge in [-0.25, -0.2) is 9.59 Å². The molecule has 10 nitrogen and oxygen atoms in total. The first-order valence-corrected chi connectivity index (χ1v) is 14.2. The Labute approximate surface area is 250 Å². The standard InChI is InChI=1S/C30H40N4O6.C2H4.H2/c1-6-32-15-8-16-33(29(35)31-26-18-23(37-2)11-13-27(26)39-4)14-7-9-22-10-12-25-21(20-34(22)30(32)36)17-24(38-3)19-28(25)40-5;1-2;/h10-11,13,17-19H,6-9,12,14-16,20H2,1-5H3,(H,31,35);1-2H2;1H. The summed E-state index contributed by atoms with van der Waals surface area (Å²) in [7, 11) is 6.43. The van der Waals surface area contributed by atoms with E-state index in [1.165, 1.54) is 0 Å². The molecule has 2 aliphatic rings. The van der Waals surface area contributed by atoms with E-state index < -0.39 is 0 Å². The Hall–Kier alpha value is -4.34. The van der Waals surface area contributed by atoms with Gasteiger partial charge in [0.25, 0.3) is 0 Å². The van der Waals surface area contributed by atoms with E-state index in [2.05, 4.69) is 24.6 Å². The molecule has 0 bridgehead atoms. The number of hydrogen-bond donors (Lipinski definition) is 1. The molecule has 230 valence electrons. The number of hydrogen-bond acceptors (Lipinski definition) is 6. The van der Waals surface area contributed by atoms with Crippen molar-refractivity contribution in [2.75, 3.05) is 59.9 Å². The minimum atomic E-state index is -0.212. The molecule has 2 aromatic carbocycles. The summed E-state index contributed by atoms with van der Waals surface area (Å²) >= 11 is 0. The van der Waals surface area contributed by atoms with E-state index in [1.807, 2.05) is 33.8 Å². The predicted molar refractivity (Wildman–Crippen MR) is 167 cm³/mol. The smallest absolute Gasteiger partial charge is 0.324 e. The highest BCUT2D eigenvalue weighted by Gasteiger charge is 2.29. The first-order chi connectivity index (χ1) is 20.4. The number of benzene rings is 2. The van der Waals surface area contributed by atoms with Crippen LogP contribution in [-0.4, -0.2) is 81.4 Å².